The molecule has 5 nitrogen and oxygen atoms in total. The molecule has 0 saturated carbocycles. The third-order valence-electron chi connectivity index (χ3n) is 1.52. The molecule has 0 radical (unpaired) electrons. The van der Waals surface area contributed by atoms with Crippen LogP contribution >= 0.6 is 11.8 Å². The van der Waals surface area contributed by atoms with Crippen molar-refractivity contribution in [1.29, 1.82) is 0 Å². The monoisotopic (exact) mass is 231 g/mol. The Bertz CT molecular complexity index is 319. The van der Waals surface area contributed by atoms with Gasteiger partial charge in [0.25, 0.3) is 0 Å². The first-order valence-corrected chi connectivity index (χ1v) is 5.42. The number of carboxylic acids is 1. The highest BCUT2D eigenvalue weighted by atomic mass is 32.2. The summed E-state index contributed by atoms with van der Waals surface area (Å²) in [6, 6.07) is 0. The van der Waals surface area contributed by atoms with Gasteiger partial charge in [0.1, 0.15) is 11.3 Å². The molecule has 0 bridgehead atoms. The Morgan fingerprint density at radius 3 is 2.60 bits per heavy atom. The van der Waals surface area contributed by atoms with E-state index in [0.717, 1.165) is 4.90 Å². The molecule has 1 aliphatic heterocycles. The van der Waals surface area contributed by atoms with Gasteiger partial charge in [-0.1, -0.05) is 0 Å². The molecule has 1 amide bonds. The second-order valence-electron chi connectivity index (χ2n) is 4.01. The lowest BCUT2D eigenvalue weighted by Crippen LogP contribution is -2.36. The predicted molar refractivity (Wildman–Crippen MR) is 56.2 cm³/mol. The van der Waals surface area contributed by atoms with E-state index in [4.69, 9.17) is 9.84 Å². The van der Waals surface area contributed by atoms with Gasteiger partial charge in [0.2, 0.25) is 0 Å². The van der Waals surface area contributed by atoms with E-state index >= 15 is 0 Å². The van der Waals surface area contributed by atoms with Crippen LogP contribution in [0.1, 0.15) is 20.8 Å². The van der Waals surface area contributed by atoms with Crippen molar-refractivity contribution in [1.82, 2.24) is 4.90 Å². The quantitative estimate of drug-likeness (QED) is 0.746. The van der Waals surface area contributed by atoms with Crippen molar-refractivity contribution in [3.05, 3.63) is 11.1 Å². The summed E-state index contributed by atoms with van der Waals surface area (Å²) in [7, 11) is 0. The smallest absolute Gasteiger partial charge is 0.415 e. The van der Waals surface area contributed by atoms with Gasteiger partial charge >= 0.3 is 12.1 Å². The molecule has 0 saturated heterocycles. The van der Waals surface area contributed by atoms with Gasteiger partial charge in [0.05, 0.1) is 5.88 Å². The second-order valence-corrected chi connectivity index (χ2v) is 4.84. The summed E-state index contributed by atoms with van der Waals surface area (Å²) in [6.45, 7) is 5.20. The number of aliphatic carboxylic acids is 1. The third-order valence-corrected chi connectivity index (χ3v) is 2.32. The normalized spacial score (nSPS) is 16.2. The fraction of sp³-hybridized carbons (Fsp3) is 0.556. The fourth-order valence-corrected chi connectivity index (χ4v) is 1.81. The largest absolute Gasteiger partial charge is 0.477 e. The van der Waals surface area contributed by atoms with Crippen molar-refractivity contribution in [3.63, 3.8) is 0 Å². The highest BCUT2D eigenvalue weighted by Gasteiger charge is 2.30. The van der Waals surface area contributed by atoms with Gasteiger partial charge < -0.3 is 9.84 Å². The molecular weight excluding hydrogens is 218 g/mol. The summed E-state index contributed by atoms with van der Waals surface area (Å²) in [5.74, 6) is -0.831. The lowest BCUT2D eigenvalue weighted by atomic mass is 10.2. The molecular formula is C9H13NO4S. The first kappa shape index (κ1) is 11.9. The number of hydrogen-bond acceptors (Lipinski definition) is 4. The molecule has 0 unspecified atom stereocenters. The standard InChI is InChI=1S/C9H13NO4S/c1-9(2,3)14-8(13)10-5-15-4-6(10)7(11)12/h4H,5H2,1-3H3,(H,11,12). The van der Waals surface area contributed by atoms with Crippen LogP contribution in [0.15, 0.2) is 11.1 Å². The number of carbonyl (C=O) groups is 2. The Kier molecular flexibility index (Phi) is 3.28. The predicted octanol–water partition coefficient (Wildman–Crippen LogP) is 1.85. The van der Waals surface area contributed by atoms with E-state index in [1.807, 2.05) is 0 Å². The zero-order valence-corrected chi connectivity index (χ0v) is 9.63. The average molecular weight is 231 g/mol. The van der Waals surface area contributed by atoms with Crippen molar-refractivity contribution in [2.24, 2.45) is 0 Å². The first-order chi connectivity index (χ1) is 6.81. The minimum absolute atomic E-state index is 0.0331. The van der Waals surface area contributed by atoms with Crippen molar-refractivity contribution in [2.75, 3.05) is 5.88 Å². The van der Waals surface area contributed by atoms with E-state index in [-0.39, 0.29) is 11.6 Å². The Hall–Kier alpha value is -1.17. The maximum Gasteiger partial charge on any atom is 0.415 e. The minimum Gasteiger partial charge on any atom is -0.477 e. The van der Waals surface area contributed by atoms with Gasteiger partial charge in [-0.15, -0.1) is 11.8 Å². The summed E-state index contributed by atoms with van der Waals surface area (Å²) in [5, 5.41) is 10.2. The summed E-state index contributed by atoms with van der Waals surface area (Å²) < 4.78 is 5.07. The van der Waals surface area contributed by atoms with Crippen LogP contribution in [0.3, 0.4) is 0 Å². The molecule has 0 aromatic carbocycles. The van der Waals surface area contributed by atoms with Gasteiger partial charge in [0.15, 0.2) is 0 Å². The Labute approximate surface area is 92.1 Å². The molecule has 6 heteroatoms. The maximum absolute atomic E-state index is 11.6. The summed E-state index contributed by atoms with van der Waals surface area (Å²) in [6.07, 6.45) is -0.624. The van der Waals surface area contributed by atoms with E-state index in [1.54, 1.807) is 20.8 Å². The van der Waals surface area contributed by atoms with Crippen LogP contribution in [-0.4, -0.2) is 33.5 Å². The van der Waals surface area contributed by atoms with Gasteiger partial charge in [-0.2, -0.15) is 0 Å². The van der Waals surface area contributed by atoms with Crippen LogP contribution in [0.4, 0.5) is 4.79 Å². The van der Waals surface area contributed by atoms with Crippen molar-refractivity contribution >= 4 is 23.8 Å². The summed E-state index contributed by atoms with van der Waals surface area (Å²) in [4.78, 5) is 23.4. The minimum atomic E-state index is -1.12. The van der Waals surface area contributed by atoms with Gasteiger partial charge in [-0.25, -0.2) is 9.59 Å². The lowest BCUT2D eigenvalue weighted by Gasteiger charge is -2.24. The number of amides is 1. The molecule has 0 fully saturated rings. The van der Waals surface area contributed by atoms with E-state index in [1.165, 1.54) is 17.2 Å². The number of carboxylic acid groups (broad SMARTS) is 1. The fourth-order valence-electron chi connectivity index (χ4n) is 0.958. The van der Waals surface area contributed by atoms with Crippen LogP contribution in [0.2, 0.25) is 0 Å². The molecule has 0 spiro atoms. The molecule has 15 heavy (non-hydrogen) atoms. The van der Waals surface area contributed by atoms with Crippen molar-refractivity contribution < 1.29 is 19.4 Å². The van der Waals surface area contributed by atoms with E-state index in [0.29, 0.717) is 0 Å². The van der Waals surface area contributed by atoms with Crippen LogP contribution < -0.4 is 0 Å². The van der Waals surface area contributed by atoms with Crippen LogP contribution in [-0.2, 0) is 9.53 Å². The molecule has 1 rings (SSSR count). The van der Waals surface area contributed by atoms with Gasteiger partial charge in [-0.05, 0) is 20.8 Å². The summed E-state index contributed by atoms with van der Waals surface area (Å²) >= 11 is 1.26. The average Bonchev–Trinajstić information content (AvgIpc) is 2.47. The van der Waals surface area contributed by atoms with E-state index in [9.17, 15) is 9.59 Å². The Balaban J connectivity index is 2.69. The highest BCUT2D eigenvalue weighted by molar-refractivity contribution is 8.02. The van der Waals surface area contributed by atoms with Crippen LogP contribution in [0.5, 0.6) is 0 Å². The SMILES string of the molecule is CC(C)(C)OC(=O)N1CSC=C1C(=O)O. The molecule has 0 atom stereocenters. The number of ether oxygens (including phenoxy) is 1. The number of nitrogens with zero attached hydrogens (tertiary/aromatic N) is 1. The highest BCUT2D eigenvalue weighted by Crippen LogP contribution is 2.25. The summed E-state index contributed by atoms with van der Waals surface area (Å²) in [5.41, 5.74) is -0.650. The maximum atomic E-state index is 11.6. The molecule has 1 heterocycles. The Morgan fingerprint density at radius 1 is 1.53 bits per heavy atom. The van der Waals surface area contributed by atoms with E-state index in [2.05, 4.69) is 0 Å². The number of carbonyl (C=O) groups excluding carboxylic acids is 1. The topological polar surface area (TPSA) is 66.8 Å². The number of thioether (sulfide) groups is 1. The molecule has 1 aliphatic rings. The van der Waals surface area contributed by atoms with E-state index < -0.39 is 17.7 Å². The molecule has 0 aromatic heterocycles. The lowest BCUT2D eigenvalue weighted by molar-refractivity contribution is -0.134. The third kappa shape index (κ3) is 3.16. The molecule has 84 valence electrons. The Morgan fingerprint density at radius 2 is 2.13 bits per heavy atom. The molecule has 0 aliphatic carbocycles. The zero-order chi connectivity index (χ0) is 11.6. The van der Waals surface area contributed by atoms with Crippen LogP contribution in [0.25, 0.3) is 0 Å². The zero-order valence-electron chi connectivity index (χ0n) is 8.81. The second kappa shape index (κ2) is 4.14. The van der Waals surface area contributed by atoms with Crippen molar-refractivity contribution in [2.45, 2.75) is 26.4 Å². The van der Waals surface area contributed by atoms with Gasteiger partial charge in [0, 0.05) is 5.41 Å². The first-order valence-electron chi connectivity index (χ1n) is 4.37. The molecule has 0 aromatic rings. The number of rotatable bonds is 1. The van der Waals surface area contributed by atoms with Crippen molar-refractivity contribution in [3.8, 4) is 0 Å². The number of hydrogen-bond donors (Lipinski definition) is 1. The van der Waals surface area contributed by atoms with Gasteiger partial charge in [-0.3, -0.25) is 4.90 Å². The van der Waals surface area contributed by atoms with Crippen LogP contribution in [0, 0.1) is 0 Å². The molecule has 1 N–H and O–H groups in total.